The average molecular weight is 280 g/mol. The number of hydrogen-bond donors (Lipinski definition) is 2. The van der Waals surface area contributed by atoms with E-state index >= 15 is 0 Å². The molecule has 2 rings (SSSR count). The fourth-order valence-electron chi connectivity index (χ4n) is 3.56. The monoisotopic (exact) mass is 280 g/mol. The molecular formula is C16H25FN2O. The van der Waals surface area contributed by atoms with Crippen molar-refractivity contribution in [3.05, 3.63) is 35.1 Å². The standard InChI is InChI=1S/C16H25FN2O/c1-11-5-4-8-16(10-11,20-3)15(19-18)14-9-13(17)7-6-12(14)2/h6-7,9,11,15,19H,4-5,8,10,18H2,1-3H3. The van der Waals surface area contributed by atoms with Crippen molar-refractivity contribution < 1.29 is 9.13 Å². The van der Waals surface area contributed by atoms with Gasteiger partial charge in [-0.2, -0.15) is 0 Å². The van der Waals surface area contributed by atoms with E-state index in [4.69, 9.17) is 10.6 Å². The molecule has 1 aliphatic rings. The molecule has 3 atom stereocenters. The largest absolute Gasteiger partial charge is 0.376 e. The van der Waals surface area contributed by atoms with E-state index in [1.807, 2.05) is 6.92 Å². The Morgan fingerprint density at radius 3 is 2.85 bits per heavy atom. The Morgan fingerprint density at radius 1 is 1.50 bits per heavy atom. The zero-order valence-electron chi connectivity index (χ0n) is 12.6. The van der Waals surface area contributed by atoms with Gasteiger partial charge < -0.3 is 4.74 Å². The predicted molar refractivity (Wildman–Crippen MR) is 78.6 cm³/mol. The molecular weight excluding hydrogens is 255 g/mol. The molecule has 1 aromatic rings. The van der Waals surface area contributed by atoms with E-state index in [1.54, 1.807) is 19.2 Å². The molecule has 0 amide bonds. The highest BCUT2D eigenvalue weighted by Gasteiger charge is 2.43. The Labute approximate surface area is 120 Å². The number of hydrogen-bond acceptors (Lipinski definition) is 3. The van der Waals surface area contributed by atoms with Crippen LogP contribution in [0.1, 0.15) is 49.8 Å². The normalized spacial score (nSPS) is 28.4. The van der Waals surface area contributed by atoms with E-state index in [0.717, 1.165) is 30.4 Å². The summed E-state index contributed by atoms with van der Waals surface area (Å²) in [5, 5.41) is 0. The van der Waals surface area contributed by atoms with Crippen molar-refractivity contribution in [3.63, 3.8) is 0 Å². The van der Waals surface area contributed by atoms with Gasteiger partial charge in [0.1, 0.15) is 5.82 Å². The molecule has 0 aliphatic heterocycles. The lowest BCUT2D eigenvalue weighted by molar-refractivity contribution is -0.0808. The summed E-state index contributed by atoms with van der Waals surface area (Å²) < 4.78 is 19.5. The van der Waals surface area contributed by atoms with Crippen LogP contribution in [0.3, 0.4) is 0 Å². The summed E-state index contributed by atoms with van der Waals surface area (Å²) >= 11 is 0. The van der Waals surface area contributed by atoms with E-state index in [2.05, 4.69) is 12.3 Å². The fraction of sp³-hybridized carbons (Fsp3) is 0.625. The summed E-state index contributed by atoms with van der Waals surface area (Å²) in [6.45, 7) is 4.22. The molecule has 0 aromatic heterocycles. The quantitative estimate of drug-likeness (QED) is 0.657. The summed E-state index contributed by atoms with van der Waals surface area (Å²) in [7, 11) is 1.73. The van der Waals surface area contributed by atoms with Crippen molar-refractivity contribution in [1.82, 2.24) is 5.43 Å². The van der Waals surface area contributed by atoms with Crippen LogP contribution in [-0.4, -0.2) is 12.7 Å². The average Bonchev–Trinajstić information content (AvgIpc) is 2.43. The van der Waals surface area contributed by atoms with Crippen LogP contribution in [0.4, 0.5) is 4.39 Å². The second-order valence-electron chi connectivity index (χ2n) is 6.07. The summed E-state index contributed by atoms with van der Waals surface area (Å²) in [5.41, 5.74) is 4.44. The van der Waals surface area contributed by atoms with Crippen molar-refractivity contribution >= 4 is 0 Å². The molecule has 1 fully saturated rings. The minimum Gasteiger partial charge on any atom is -0.376 e. The summed E-state index contributed by atoms with van der Waals surface area (Å²) in [6.07, 6.45) is 4.21. The highest BCUT2D eigenvalue weighted by atomic mass is 19.1. The van der Waals surface area contributed by atoms with Crippen LogP contribution in [0.5, 0.6) is 0 Å². The zero-order valence-corrected chi connectivity index (χ0v) is 12.6. The highest BCUT2D eigenvalue weighted by molar-refractivity contribution is 5.32. The van der Waals surface area contributed by atoms with Crippen molar-refractivity contribution in [2.75, 3.05) is 7.11 Å². The molecule has 0 heterocycles. The van der Waals surface area contributed by atoms with Crippen LogP contribution in [0, 0.1) is 18.7 Å². The van der Waals surface area contributed by atoms with E-state index < -0.39 is 0 Å². The molecule has 4 heteroatoms. The zero-order chi connectivity index (χ0) is 14.8. The van der Waals surface area contributed by atoms with Crippen LogP contribution in [0.15, 0.2) is 18.2 Å². The van der Waals surface area contributed by atoms with Crippen LogP contribution < -0.4 is 11.3 Å². The first kappa shape index (κ1) is 15.4. The van der Waals surface area contributed by atoms with Crippen molar-refractivity contribution in [1.29, 1.82) is 0 Å². The number of benzene rings is 1. The number of aryl methyl sites for hydroxylation is 1. The van der Waals surface area contributed by atoms with Crippen LogP contribution >= 0.6 is 0 Å². The van der Waals surface area contributed by atoms with Gasteiger partial charge in [0, 0.05) is 7.11 Å². The Morgan fingerprint density at radius 2 is 2.25 bits per heavy atom. The van der Waals surface area contributed by atoms with Gasteiger partial charge in [-0.25, -0.2) is 4.39 Å². The van der Waals surface area contributed by atoms with E-state index in [9.17, 15) is 4.39 Å². The first-order chi connectivity index (χ1) is 9.52. The van der Waals surface area contributed by atoms with Crippen molar-refractivity contribution in [3.8, 4) is 0 Å². The molecule has 3 N–H and O–H groups in total. The van der Waals surface area contributed by atoms with Crippen molar-refractivity contribution in [2.24, 2.45) is 11.8 Å². The molecule has 0 bridgehead atoms. The summed E-state index contributed by atoms with van der Waals surface area (Å²) in [6, 6.07) is 4.66. The predicted octanol–water partition coefficient (Wildman–Crippen LogP) is 3.23. The minimum atomic E-state index is -0.356. The molecule has 3 unspecified atom stereocenters. The van der Waals surface area contributed by atoms with Gasteiger partial charge >= 0.3 is 0 Å². The molecule has 20 heavy (non-hydrogen) atoms. The Balaban J connectivity index is 2.41. The third-order valence-electron chi connectivity index (χ3n) is 4.64. The Bertz CT molecular complexity index is 466. The summed E-state index contributed by atoms with van der Waals surface area (Å²) in [5.74, 6) is 6.16. The number of nitrogens with two attached hydrogens (primary N) is 1. The lowest BCUT2D eigenvalue weighted by atomic mass is 9.72. The van der Waals surface area contributed by atoms with Gasteiger partial charge in [-0.3, -0.25) is 11.3 Å². The first-order valence-electron chi connectivity index (χ1n) is 7.30. The third kappa shape index (κ3) is 2.87. The Hall–Kier alpha value is -0.970. The van der Waals surface area contributed by atoms with E-state index in [1.165, 1.54) is 12.5 Å². The topological polar surface area (TPSA) is 47.3 Å². The summed E-state index contributed by atoms with van der Waals surface area (Å²) in [4.78, 5) is 0. The van der Waals surface area contributed by atoms with E-state index in [-0.39, 0.29) is 17.5 Å². The molecule has 0 radical (unpaired) electrons. The minimum absolute atomic E-state index is 0.189. The van der Waals surface area contributed by atoms with Gasteiger partial charge in [-0.05, 0) is 48.9 Å². The maximum Gasteiger partial charge on any atom is 0.123 e. The third-order valence-corrected chi connectivity index (χ3v) is 4.64. The lowest BCUT2D eigenvalue weighted by Crippen LogP contribution is -2.50. The van der Waals surface area contributed by atoms with Gasteiger partial charge in [0.15, 0.2) is 0 Å². The number of rotatable bonds is 4. The molecule has 1 aliphatic carbocycles. The van der Waals surface area contributed by atoms with Crippen LogP contribution in [0.25, 0.3) is 0 Å². The second kappa shape index (κ2) is 6.20. The highest BCUT2D eigenvalue weighted by Crippen LogP contribution is 2.43. The maximum absolute atomic E-state index is 13.6. The number of nitrogens with one attached hydrogen (secondary N) is 1. The van der Waals surface area contributed by atoms with Crippen LogP contribution in [-0.2, 0) is 4.74 Å². The van der Waals surface area contributed by atoms with Gasteiger partial charge in [-0.1, -0.05) is 25.8 Å². The van der Waals surface area contributed by atoms with Gasteiger partial charge in [0.05, 0.1) is 11.6 Å². The number of halogens is 1. The molecule has 1 saturated carbocycles. The second-order valence-corrected chi connectivity index (χ2v) is 6.07. The molecule has 3 nitrogen and oxygen atoms in total. The van der Waals surface area contributed by atoms with Crippen molar-refractivity contribution in [2.45, 2.75) is 51.2 Å². The first-order valence-corrected chi connectivity index (χ1v) is 7.30. The SMILES string of the molecule is COC1(C(NN)c2cc(F)ccc2C)CCCC(C)C1. The van der Waals surface area contributed by atoms with Gasteiger partial charge in [-0.15, -0.1) is 0 Å². The number of methoxy groups -OCH3 is 1. The Kier molecular flexibility index (Phi) is 4.78. The number of ether oxygens (including phenoxy) is 1. The van der Waals surface area contributed by atoms with E-state index in [0.29, 0.717) is 5.92 Å². The van der Waals surface area contributed by atoms with Gasteiger partial charge in [0.25, 0.3) is 0 Å². The molecule has 1 aromatic carbocycles. The molecule has 112 valence electrons. The maximum atomic E-state index is 13.6. The fourth-order valence-corrected chi connectivity index (χ4v) is 3.56. The smallest absolute Gasteiger partial charge is 0.123 e. The molecule has 0 spiro atoms. The lowest BCUT2D eigenvalue weighted by Gasteiger charge is -2.44. The van der Waals surface area contributed by atoms with Crippen LogP contribution in [0.2, 0.25) is 0 Å². The number of hydrazine groups is 1. The van der Waals surface area contributed by atoms with Gasteiger partial charge in [0.2, 0.25) is 0 Å². The molecule has 0 saturated heterocycles.